The highest BCUT2D eigenvalue weighted by molar-refractivity contribution is 5.80. The molecule has 0 aromatic rings. The molecule has 114 valence electrons. The largest absolute Gasteiger partial charge is 0.396 e. The number of hydrogen-bond donors (Lipinski definition) is 1. The molecule has 20 heavy (non-hydrogen) atoms. The van der Waals surface area contributed by atoms with Crippen molar-refractivity contribution in [3.63, 3.8) is 0 Å². The first kappa shape index (κ1) is 15.3. The van der Waals surface area contributed by atoms with Gasteiger partial charge in [0, 0.05) is 45.6 Å². The van der Waals surface area contributed by atoms with E-state index in [-0.39, 0.29) is 23.8 Å². The Morgan fingerprint density at radius 3 is 2.50 bits per heavy atom. The number of nitrogens with zero attached hydrogens (tertiary/aromatic N) is 2. The van der Waals surface area contributed by atoms with E-state index in [0.29, 0.717) is 19.4 Å². The summed E-state index contributed by atoms with van der Waals surface area (Å²) >= 11 is 0. The molecule has 2 aliphatic rings. The molecule has 2 fully saturated rings. The van der Waals surface area contributed by atoms with E-state index < -0.39 is 0 Å². The van der Waals surface area contributed by atoms with Crippen LogP contribution in [0.3, 0.4) is 0 Å². The quantitative estimate of drug-likeness (QED) is 0.818. The highest BCUT2D eigenvalue weighted by Gasteiger charge is 2.33. The maximum absolute atomic E-state index is 12.2. The lowest BCUT2D eigenvalue weighted by molar-refractivity contribution is -0.135. The van der Waals surface area contributed by atoms with E-state index in [0.717, 1.165) is 45.3 Å². The van der Waals surface area contributed by atoms with Gasteiger partial charge in [-0.05, 0) is 31.1 Å². The summed E-state index contributed by atoms with van der Waals surface area (Å²) in [7, 11) is 0. The van der Waals surface area contributed by atoms with Crippen LogP contribution in [-0.4, -0.2) is 59.5 Å². The van der Waals surface area contributed by atoms with Crippen LogP contribution < -0.4 is 0 Å². The van der Waals surface area contributed by atoms with E-state index in [1.165, 1.54) is 0 Å². The van der Waals surface area contributed by atoms with Crippen molar-refractivity contribution >= 4 is 11.8 Å². The Labute approximate surface area is 120 Å². The third kappa shape index (κ3) is 3.32. The molecule has 2 amide bonds. The van der Waals surface area contributed by atoms with Gasteiger partial charge < -0.3 is 14.9 Å². The molecule has 2 saturated heterocycles. The zero-order chi connectivity index (χ0) is 14.6. The molecule has 2 rings (SSSR count). The van der Waals surface area contributed by atoms with Gasteiger partial charge in [-0.25, -0.2) is 0 Å². The van der Waals surface area contributed by atoms with E-state index in [9.17, 15) is 14.7 Å². The Bertz CT molecular complexity index is 356. The van der Waals surface area contributed by atoms with E-state index >= 15 is 0 Å². The lowest BCUT2D eigenvalue weighted by atomic mass is 9.77. The number of piperidine rings is 1. The fourth-order valence-electron chi connectivity index (χ4n) is 3.18. The molecule has 0 atom stereocenters. The Morgan fingerprint density at radius 2 is 2.00 bits per heavy atom. The summed E-state index contributed by atoms with van der Waals surface area (Å²) in [6, 6.07) is 0. The molecule has 0 unspecified atom stereocenters. The predicted molar refractivity (Wildman–Crippen MR) is 76.1 cm³/mol. The monoisotopic (exact) mass is 282 g/mol. The van der Waals surface area contributed by atoms with Crippen LogP contribution in [-0.2, 0) is 9.59 Å². The van der Waals surface area contributed by atoms with Crippen LogP contribution in [0.25, 0.3) is 0 Å². The third-order valence-corrected chi connectivity index (χ3v) is 5.03. The predicted octanol–water partition coefficient (Wildman–Crippen LogP) is 1.01. The van der Waals surface area contributed by atoms with E-state index in [2.05, 4.69) is 6.92 Å². The SMILES string of the molecule is CCC1(CO)CCN(C(=O)CCN2CCCC2=O)CC1. The number of aliphatic hydroxyl groups excluding tert-OH is 1. The Kier molecular flexibility index (Phi) is 5.02. The molecule has 2 heterocycles. The number of hydrogen-bond acceptors (Lipinski definition) is 3. The van der Waals surface area contributed by atoms with Gasteiger partial charge in [0.15, 0.2) is 0 Å². The number of amides is 2. The van der Waals surface area contributed by atoms with Crippen molar-refractivity contribution in [1.82, 2.24) is 9.80 Å². The zero-order valence-corrected chi connectivity index (χ0v) is 12.4. The van der Waals surface area contributed by atoms with Crippen LogP contribution >= 0.6 is 0 Å². The van der Waals surface area contributed by atoms with Gasteiger partial charge in [0.1, 0.15) is 0 Å². The van der Waals surface area contributed by atoms with Crippen molar-refractivity contribution in [2.24, 2.45) is 5.41 Å². The van der Waals surface area contributed by atoms with Gasteiger partial charge in [-0.2, -0.15) is 0 Å². The second-order valence-electron chi connectivity index (χ2n) is 6.13. The molecule has 5 heteroatoms. The van der Waals surface area contributed by atoms with Crippen LogP contribution in [0.1, 0.15) is 45.4 Å². The first-order chi connectivity index (χ1) is 9.60. The van der Waals surface area contributed by atoms with Crippen LogP contribution in [0.2, 0.25) is 0 Å². The summed E-state index contributed by atoms with van der Waals surface area (Å²) in [6.07, 6.45) is 4.72. The lowest BCUT2D eigenvalue weighted by Gasteiger charge is -2.40. The summed E-state index contributed by atoms with van der Waals surface area (Å²) < 4.78 is 0. The number of carbonyl (C=O) groups is 2. The number of rotatable bonds is 5. The number of carbonyl (C=O) groups excluding carboxylic acids is 2. The van der Waals surface area contributed by atoms with E-state index in [4.69, 9.17) is 0 Å². The topological polar surface area (TPSA) is 60.9 Å². The van der Waals surface area contributed by atoms with Crippen molar-refractivity contribution < 1.29 is 14.7 Å². The molecule has 0 aromatic carbocycles. The van der Waals surface area contributed by atoms with Crippen LogP contribution in [0.5, 0.6) is 0 Å². The van der Waals surface area contributed by atoms with Crippen LogP contribution in [0.15, 0.2) is 0 Å². The first-order valence-corrected chi connectivity index (χ1v) is 7.77. The summed E-state index contributed by atoms with van der Waals surface area (Å²) in [5.74, 6) is 0.328. The Balaban J connectivity index is 1.76. The molecule has 2 aliphatic heterocycles. The van der Waals surface area contributed by atoms with Gasteiger partial charge in [0.25, 0.3) is 0 Å². The summed E-state index contributed by atoms with van der Waals surface area (Å²) in [6.45, 7) is 5.16. The van der Waals surface area contributed by atoms with Crippen molar-refractivity contribution in [3.8, 4) is 0 Å². The molecule has 0 saturated carbocycles. The second kappa shape index (κ2) is 6.57. The Hall–Kier alpha value is -1.10. The van der Waals surface area contributed by atoms with E-state index in [1.807, 2.05) is 4.90 Å². The summed E-state index contributed by atoms with van der Waals surface area (Å²) in [5, 5.41) is 9.49. The molecule has 5 nitrogen and oxygen atoms in total. The van der Waals surface area contributed by atoms with Crippen molar-refractivity contribution in [2.45, 2.75) is 45.4 Å². The number of aliphatic hydroxyl groups is 1. The maximum atomic E-state index is 12.2. The second-order valence-corrected chi connectivity index (χ2v) is 6.13. The van der Waals surface area contributed by atoms with Crippen molar-refractivity contribution in [1.29, 1.82) is 0 Å². The minimum absolute atomic E-state index is 0.0156. The van der Waals surface area contributed by atoms with Gasteiger partial charge in [-0.1, -0.05) is 6.92 Å². The summed E-state index contributed by atoms with van der Waals surface area (Å²) in [5.41, 5.74) is 0.0156. The van der Waals surface area contributed by atoms with Gasteiger partial charge in [0.05, 0.1) is 0 Å². The first-order valence-electron chi connectivity index (χ1n) is 7.77. The standard InChI is InChI=1S/C15H26N2O3/c1-2-15(12-18)6-10-17(11-7-15)14(20)5-9-16-8-3-4-13(16)19/h18H,2-12H2,1H3. The highest BCUT2D eigenvalue weighted by Crippen LogP contribution is 2.34. The zero-order valence-electron chi connectivity index (χ0n) is 12.4. The molecular formula is C15H26N2O3. The number of likely N-dealkylation sites (tertiary alicyclic amines) is 2. The fourth-order valence-corrected chi connectivity index (χ4v) is 3.18. The van der Waals surface area contributed by atoms with Crippen LogP contribution in [0, 0.1) is 5.41 Å². The fraction of sp³-hybridized carbons (Fsp3) is 0.867. The molecule has 0 spiro atoms. The molecule has 0 bridgehead atoms. The molecular weight excluding hydrogens is 256 g/mol. The molecule has 1 N–H and O–H groups in total. The lowest BCUT2D eigenvalue weighted by Crippen LogP contribution is -2.45. The van der Waals surface area contributed by atoms with Crippen molar-refractivity contribution in [3.05, 3.63) is 0 Å². The normalized spacial score (nSPS) is 22.4. The van der Waals surface area contributed by atoms with Gasteiger partial charge in [-0.15, -0.1) is 0 Å². The average Bonchev–Trinajstić information content (AvgIpc) is 2.90. The maximum Gasteiger partial charge on any atom is 0.224 e. The summed E-state index contributed by atoms with van der Waals surface area (Å²) in [4.78, 5) is 27.4. The molecule has 0 radical (unpaired) electrons. The minimum Gasteiger partial charge on any atom is -0.396 e. The smallest absolute Gasteiger partial charge is 0.224 e. The molecule has 0 aromatic heterocycles. The minimum atomic E-state index is 0.0156. The Morgan fingerprint density at radius 1 is 1.30 bits per heavy atom. The van der Waals surface area contributed by atoms with Crippen molar-refractivity contribution in [2.75, 3.05) is 32.8 Å². The molecule has 0 aliphatic carbocycles. The average molecular weight is 282 g/mol. The third-order valence-electron chi connectivity index (χ3n) is 5.03. The van der Waals surface area contributed by atoms with Crippen LogP contribution in [0.4, 0.5) is 0 Å². The van der Waals surface area contributed by atoms with E-state index in [1.54, 1.807) is 4.90 Å². The highest BCUT2D eigenvalue weighted by atomic mass is 16.3. The van der Waals surface area contributed by atoms with Gasteiger partial charge in [-0.3, -0.25) is 9.59 Å². The van der Waals surface area contributed by atoms with Gasteiger partial charge in [0.2, 0.25) is 11.8 Å². The van der Waals surface area contributed by atoms with Gasteiger partial charge >= 0.3 is 0 Å².